The molecule has 5 heteroatoms. The van der Waals surface area contributed by atoms with Crippen LogP contribution in [0.5, 0.6) is 5.75 Å². The molecule has 2 rings (SSSR count). The number of urea groups is 1. The van der Waals surface area contributed by atoms with Gasteiger partial charge in [0.1, 0.15) is 5.75 Å². The highest BCUT2D eigenvalue weighted by Crippen LogP contribution is 2.23. The summed E-state index contributed by atoms with van der Waals surface area (Å²) in [6.07, 6.45) is 0.921. The third-order valence-corrected chi connectivity index (χ3v) is 3.92. The molecule has 2 aromatic rings. The van der Waals surface area contributed by atoms with E-state index < -0.39 is 0 Å². The Morgan fingerprint density at radius 1 is 1.29 bits per heavy atom. The van der Waals surface area contributed by atoms with Crippen molar-refractivity contribution in [2.75, 3.05) is 19.0 Å². The average molecular weight is 304 g/mol. The van der Waals surface area contributed by atoms with Crippen LogP contribution in [-0.2, 0) is 6.54 Å². The van der Waals surface area contributed by atoms with Crippen LogP contribution in [0.3, 0.4) is 0 Å². The molecule has 0 aliphatic heterocycles. The topological polar surface area (TPSA) is 41.6 Å². The second kappa shape index (κ2) is 7.69. The molecule has 21 heavy (non-hydrogen) atoms. The lowest BCUT2D eigenvalue weighted by molar-refractivity contribution is 0.209. The van der Waals surface area contributed by atoms with Crippen molar-refractivity contribution in [2.24, 2.45) is 0 Å². The minimum Gasteiger partial charge on any atom is -0.495 e. The predicted molar refractivity (Wildman–Crippen MR) is 87.0 cm³/mol. The standard InChI is InChI=1S/C16H20N2O2S/c1-3-10-18(12-13-7-6-11-21-13)16(19)17-14-8-4-5-9-15(14)20-2/h4-9,11H,3,10,12H2,1-2H3,(H,17,19). The van der Waals surface area contributed by atoms with Crippen LogP contribution in [-0.4, -0.2) is 24.6 Å². The molecule has 0 spiro atoms. The molecule has 1 aromatic heterocycles. The highest BCUT2D eigenvalue weighted by molar-refractivity contribution is 7.09. The van der Waals surface area contributed by atoms with Crippen LogP contribution >= 0.6 is 11.3 Å². The van der Waals surface area contributed by atoms with Crippen molar-refractivity contribution in [3.8, 4) is 5.75 Å². The molecule has 112 valence electrons. The number of nitrogens with one attached hydrogen (secondary N) is 1. The molecular formula is C16H20N2O2S. The molecule has 0 aliphatic carbocycles. The number of carbonyl (C=O) groups is 1. The van der Waals surface area contributed by atoms with Gasteiger partial charge in [0.2, 0.25) is 0 Å². The van der Waals surface area contributed by atoms with Gasteiger partial charge in [0.25, 0.3) is 0 Å². The van der Waals surface area contributed by atoms with Crippen molar-refractivity contribution in [1.82, 2.24) is 4.90 Å². The van der Waals surface area contributed by atoms with Crippen molar-refractivity contribution < 1.29 is 9.53 Å². The van der Waals surface area contributed by atoms with Crippen molar-refractivity contribution in [1.29, 1.82) is 0 Å². The Hall–Kier alpha value is -2.01. The quantitative estimate of drug-likeness (QED) is 0.869. The van der Waals surface area contributed by atoms with Gasteiger partial charge in [0, 0.05) is 11.4 Å². The van der Waals surface area contributed by atoms with Gasteiger partial charge in [-0.2, -0.15) is 0 Å². The summed E-state index contributed by atoms with van der Waals surface area (Å²) in [6, 6.07) is 11.4. The van der Waals surface area contributed by atoms with Gasteiger partial charge in [-0.05, 0) is 30.0 Å². The van der Waals surface area contributed by atoms with E-state index in [0.717, 1.165) is 13.0 Å². The Morgan fingerprint density at radius 2 is 2.10 bits per heavy atom. The number of nitrogens with zero attached hydrogens (tertiary/aromatic N) is 1. The van der Waals surface area contributed by atoms with Crippen LogP contribution in [0, 0.1) is 0 Å². The Bertz CT molecular complexity index is 569. The van der Waals surface area contributed by atoms with E-state index in [2.05, 4.69) is 12.2 Å². The molecule has 0 fully saturated rings. The summed E-state index contributed by atoms with van der Waals surface area (Å²) in [7, 11) is 1.60. The Kier molecular flexibility index (Phi) is 5.63. The summed E-state index contributed by atoms with van der Waals surface area (Å²) >= 11 is 1.66. The first-order valence-corrected chi connectivity index (χ1v) is 7.84. The SMILES string of the molecule is CCCN(Cc1cccs1)C(=O)Nc1ccccc1OC. The van der Waals surface area contributed by atoms with E-state index in [1.165, 1.54) is 4.88 Å². The van der Waals surface area contributed by atoms with Crippen LogP contribution in [0.2, 0.25) is 0 Å². The van der Waals surface area contributed by atoms with E-state index in [-0.39, 0.29) is 6.03 Å². The number of rotatable bonds is 6. The molecule has 1 N–H and O–H groups in total. The highest BCUT2D eigenvalue weighted by atomic mass is 32.1. The first-order chi connectivity index (χ1) is 10.2. The Labute approximate surface area is 129 Å². The Morgan fingerprint density at radius 3 is 2.76 bits per heavy atom. The fourth-order valence-corrected chi connectivity index (χ4v) is 2.77. The second-order valence-corrected chi connectivity index (χ2v) is 5.66. The number of para-hydroxylation sites is 2. The van der Waals surface area contributed by atoms with Crippen molar-refractivity contribution in [3.63, 3.8) is 0 Å². The molecule has 0 bridgehead atoms. The number of anilines is 1. The molecule has 1 heterocycles. The number of benzene rings is 1. The van der Waals surface area contributed by atoms with E-state index in [4.69, 9.17) is 4.74 Å². The minimum absolute atomic E-state index is 0.102. The van der Waals surface area contributed by atoms with E-state index in [1.54, 1.807) is 18.4 Å². The zero-order valence-electron chi connectivity index (χ0n) is 12.3. The maximum atomic E-state index is 12.5. The second-order valence-electron chi connectivity index (χ2n) is 4.63. The van der Waals surface area contributed by atoms with Gasteiger partial charge in [-0.25, -0.2) is 4.79 Å². The zero-order valence-corrected chi connectivity index (χ0v) is 13.2. The summed E-state index contributed by atoms with van der Waals surface area (Å²) in [5.41, 5.74) is 0.692. The first kappa shape index (κ1) is 15.4. The number of thiophene rings is 1. The van der Waals surface area contributed by atoms with E-state index in [0.29, 0.717) is 18.0 Å². The van der Waals surface area contributed by atoms with Crippen LogP contribution in [0.4, 0.5) is 10.5 Å². The van der Waals surface area contributed by atoms with Crippen molar-refractivity contribution in [2.45, 2.75) is 19.9 Å². The lowest BCUT2D eigenvalue weighted by atomic mass is 10.3. The maximum absolute atomic E-state index is 12.5. The molecule has 0 saturated heterocycles. The third-order valence-electron chi connectivity index (χ3n) is 3.06. The summed E-state index contributed by atoms with van der Waals surface area (Å²) in [6.45, 7) is 3.42. The summed E-state index contributed by atoms with van der Waals surface area (Å²) < 4.78 is 5.26. The Balaban J connectivity index is 2.07. The molecule has 0 atom stereocenters. The van der Waals surface area contributed by atoms with Crippen LogP contribution < -0.4 is 10.1 Å². The largest absolute Gasteiger partial charge is 0.495 e. The summed E-state index contributed by atoms with van der Waals surface area (Å²) in [5, 5.41) is 4.95. The highest BCUT2D eigenvalue weighted by Gasteiger charge is 2.15. The number of methoxy groups -OCH3 is 1. The van der Waals surface area contributed by atoms with Crippen LogP contribution in [0.1, 0.15) is 18.2 Å². The van der Waals surface area contributed by atoms with E-state index >= 15 is 0 Å². The van der Waals surface area contributed by atoms with Crippen LogP contribution in [0.25, 0.3) is 0 Å². The average Bonchev–Trinajstić information content (AvgIpc) is 3.00. The number of amides is 2. The monoisotopic (exact) mass is 304 g/mol. The van der Waals surface area contributed by atoms with E-state index in [9.17, 15) is 4.79 Å². The molecule has 0 saturated carbocycles. The number of hydrogen-bond acceptors (Lipinski definition) is 3. The van der Waals surface area contributed by atoms with Gasteiger partial charge in [-0.3, -0.25) is 0 Å². The maximum Gasteiger partial charge on any atom is 0.322 e. The summed E-state index contributed by atoms with van der Waals surface area (Å²) in [5.74, 6) is 0.665. The fraction of sp³-hybridized carbons (Fsp3) is 0.312. The van der Waals surface area contributed by atoms with Gasteiger partial charge in [-0.15, -0.1) is 11.3 Å². The van der Waals surface area contributed by atoms with Crippen molar-refractivity contribution >= 4 is 23.1 Å². The number of ether oxygens (including phenoxy) is 1. The molecule has 0 aliphatic rings. The zero-order chi connectivity index (χ0) is 15.1. The molecule has 2 amide bonds. The molecular weight excluding hydrogens is 284 g/mol. The van der Waals surface area contributed by atoms with E-state index in [1.807, 2.05) is 46.7 Å². The molecule has 1 aromatic carbocycles. The smallest absolute Gasteiger partial charge is 0.322 e. The van der Waals surface area contributed by atoms with Crippen LogP contribution in [0.15, 0.2) is 41.8 Å². The molecule has 0 radical (unpaired) electrons. The molecule has 4 nitrogen and oxygen atoms in total. The van der Waals surface area contributed by atoms with Gasteiger partial charge >= 0.3 is 6.03 Å². The van der Waals surface area contributed by atoms with Gasteiger partial charge in [-0.1, -0.05) is 25.1 Å². The fourth-order valence-electron chi connectivity index (χ4n) is 2.06. The first-order valence-electron chi connectivity index (χ1n) is 6.96. The van der Waals surface area contributed by atoms with Gasteiger partial charge in [0.15, 0.2) is 0 Å². The normalized spacial score (nSPS) is 10.2. The third kappa shape index (κ3) is 4.23. The predicted octanol–water partition coefficient (Wildman–Crippen LogP) is 4.20. The number of carbonyl (C=O) groups excluding carboxylic acids is 1. The molecule has 0 unspecified atom stereocenters. The van der Waals surface area contributed by atoms with Gasteiger partial charge < -0.3 is 15.0 Å². The number of hydrogen-bond donors (Lipinski definition) is 1. The van der Waals surface area contributed by atoms with Gasteiger partial charge in [0.05, 0.1) is 19.3 Å². The lowest BCUT2D eigenvalue weighted by Gasteiger charge is -2.22. The summed E-state index contributed by atoms with van der Waals surface area (Å²) in [4.78, 5) is 15.5. The minimum atomic E-state index is -0.102. The van der Waals surface area contributed by atoms with Crippen molar-refractivity contribution in [3.05, 3.63) is 46.7 Å². The lowest BCUT2D eigenvalue weighted by Crippen LogP contribution is -2.34.